The highest BCUT2D eigenvalue weighted by molar-refractivity contribution is 5.93. The molecule has 2 aromatic rings. The lowest BCUT2D eigenvalue weighted by Gasteiger charge is -2.20. The molecule has 0 saturated carbocycles. The van der Waals surface area contributed by atoms with Gasteiger partial charge in [0.25, 0.3) is 0 Å². The maximum absolute atomic E-state index is 12.3. The largest absolute Gasteiger partial charge is 0.361 e. The van der Waals surface area contributed by atoms with Crippen LogP contribution >= 0.6 is 0 Å². The van der Waals surface area contributed by atoms with E-state index >= 15 is 0 Å². The highest BCUT2D eigenvalue weighted by atomic mass is 16.5. The van der Waals surface area contributed by atoms with Gasteiger partial charge in [0.15, 0.2) is 0 Å². The van der Waals surface area contributed by atoms with Crippen molar-refractivity contribution in [2.45, 2.75) is 52.5 Å². The minimum atomic E-state index is -0.0832. The summed E-state index contributed by atoms with van der Waals surface area (Å²) in [5.41, 5.74) is 4.88. The number of amides is 2. The average molecular weight is 341 g/mol. The Hall–Kier alpha value is -2.63. The zero-order valence-corrected chi connectivity index (χ0v) is 14.8. The number of fused-ring (bicyclic) bond motifs is 1. The highest BCUT2D eigenvalue weighted by Crippen LogP contribution is 2.26. The van der Waals surface area contributed by atoms with E-state index in [-0.39, 0.29) is 17.9 Å². The average Bonchev–Trinajstić information content (AvgIpc) is 2.90. The van der Waals surface area contributed by atoms with Crippen molar-refractivity contribution in [1.82, 2.24) is 10.5 Å². The van der Waals surface area contributed by atoms with Gasteiger partial charge in [0, 0.05) is 24.1 Å². The number of hydrogen-bond donors (Lipinski definition) is 2. The Balaban J connectivity index is 1.59. The second-order valence-corrected chi connectivity index (χ2v) is 6.56. The quantitative estimate of drug-likeness (QED) is 0.875. The number of benzene rings is 1. The zero-order chi connectivity index (χ0) is 18.0. The topological polar surface area (TPSA) is 84.2 Å². The van der Waals surface area contributed by atoms with E-state index in [2.05, 4.69) is 21.9 Å². The Labute approximate surface area is 147 Å². The molecular formula is C19H23N3O3. The van der Waals surface area contributed by atoms with E-state index in [1.165, 1.54) is 0 Å². The number of anilines is 1. The molecular weight excluding hydrogens is 318 g/mol. The maximum Gasteiger partial charge on any atom is 0.224 e. The summed E-state index contributed by atoms with van der Waals surface area (Å²) in [7, 11) is 0. The van der Waals surface area contributed by atoms with E-state index in [4.69, 9.17) is 4.52 Å². The lowest BCUT2D eigenvalue weighted by molar-refractivity contribution is -0.121. The van der Waals surface area contributed by atoms with E-state index in [9.17, 15) is 9.59 Å². The number of carbonyl (C=O) groups is 2. The first kappa shape index (κ1) is 17.2. The molecule has 1 aliphatic rings. The number of rotatable bonds is 5. The Kier molecular flexibility index (Phi) is 4.88. The smallest absolute Gasteiger partial charge is 0.224 e. The van der Waals surface area contributed by atoms with Crippen LogP contribution in [0.1, 0.15) is 54.0 Å². The standard InChI is InChI=1S/C19H23N3O3/c1-11(14-4-7-17-15(10-14)5-8-19(24)21-17)20-18(23)9-6-16-12(2)22-25-13(16)3/h4,7,10-11H,5-6,8-9H2,1-3H3,(H,20,23)(H,21,24)/t11-/m0/s1. The van der Waals surface area contributed by atoms with Gasteiger partial charge < -0.3 is 15.2 Å². The summed E-state index contributed by atoms with van der Waals surface area (Å²) in [6.07, 6.45) is 2.26. The van der Waals surface area contributed by atoms with Crippen molar-refractivity contribution < 1.29 is 14.1 Å². The van der Waals surface area contributed by atoms with E-state index in [1.54, 1.807) is 0 Å². The zero-order valence-electron chi connectivity index (χ0n) is 14.8. The molecule has 6 heteroatoms. The Morgan fingerprint density at radius 3 is 2.88 bits per heavy atom. The molecule has 0 radical (unpaired) electrons. The summed E-state index contributed by atoms with van der Waals surface area (Å²) in [6, 6.07) is 5.84. The molecule has 25 heavy (non-hydrogen) atoms. The van der Waals surface area contributed by atoms with Crippen LogP contribution in [-0.2, 0) is 22.4 Å². The van der Waals surface area contributed by atoms with Crippen LogP contribution in [0, 0.1) is 13.8 Å². The van der Waals surface area contributed by atoms with Crippen molar-refractivity contribution in [3.63, 3.8) is 0 Å². The van der Waals surface area contributed by atoms with E-state index in [0.29, 0.717) is 19.3 Å². The van der Waals surface area contributed by atoms with Crippen molar-refractivity contribution in [1.29, 1.82) is 0 Å². The fraction of sp³-hybridized carbons (Fsp3) is 0.421. The van der Waals surface area contributed by atoms with Crippen LogP contribution in [-0.4, -0.2) is 17.0 Å². The van der Waals surface area contributed by atoms with Gasteiger partial charge in [-0.3, -0.25) is 9.59 Å². The molecule has 1 aliphatic heterocycles. The van der Waals surface area contributed by atoms with E-state index in [1.807, 2.05) is 32.9 Å². The fourth-order valence-corrected chi connectivity index (χ4v) is 3.17. The fourth-order valence-electron chi connectivity index (χ4n) is 3.17. The number of aromatic nitrogens is 1. The Morgan fingerprint density at radius 2 is 2.16 bits per heavy atom. The summed E-state index contributed by atoms with van der Waals surface area (Å²) < 4.78 is 5.13. The molecule has 2 heterocycles. The lowest BCUT2D eigenvalue weighted by atomic mass is 9.97. The van der Waals surface area contributed by atoms with Gasteiger partial charge in [0.1, 0.15) is 5.76 Å². The summed E-state index contributed by atoms with van der Waals surface area (Å²) in [4.78, 5) is 23.7. The van der Waals surface area contributed by atoms with Gasteiger partial charge in [-0.05, 0) is 50.8 Å². The van der Waals surface area contributed by atoms with Crippen LogP contribution in [0.15, 0.2) is 22.7 Å². The predicted octanol–water partition coefficient (Wildman–Crippen LogP) is 2.99. The van der Waals surface area contributed by atoms with E-state index in [0.717, 1.165) is 40.3 Å². The third-order valence-corrected chi connectivity index (χ3v) is 4.69. The molecule has 1 aromatic heterocycles. The first-order valence-corrected chi connectivity index (χ1v) is 8.58. The first-order valence-electron chi connectivity index (χ1n) is 8.58. The molecule has 132 valence electrons. The number of hydrogen-bond acceptors (Lipinski definition) is 4. The number of nitrogens with zero attached hydrogens (tertiary/aromatic N) is 1. The van der Waals surface area contributed by atoms with Crippen molar-refractivity contribution in [2.24, 2.45) is 0 Å². The van der Waals surface area contributed by atoms with Crippen LogP contribution in [0.3, 0.4) is 0 Å². The predicted molar refractivity (Wildman–Crippen MR) is 94.2 cm³/mol. The summed E-state index contributed by atoms with van der Waals surface area (Å²) in [5.74, 6) is 0.828. The van der Waals surface area contributed by atoms with E-state index < -0.39 is 0 Å². The summed E-state index contributed by atoms with van der Waals surface area (Å²) >= 11 is 0. The molecule has 0 bridgehead atoms. The van der Waals surface area contributed by atoms with Crippen LogP contribution in [0.2, 0.25) is 0 Å². The van der Waals surface area contributed by atoms with Gasteiger partial charge in [-0.15, -0.1) is 0 Å². The Morgan fingerprint density at radius 1 is 1.36 bits per heavy atom. The summed E-state index contributed by atoms with van der Waals surface area (Å²) in [5, 5.41) is 9.82. The molecule has 2 amide bonds. The monoisotopic (exact) mass is 341 g/mol. The Bertz CT molecular complexity index is 791. The normalized spacial score (nSPS) is 14.6. The van der Waals surface area contributed by atoms with Crippen molar-refractivity contribution in [2.75, 3.05) is 5.32 Å². The van der Waals surface area contributed by atoms with Gasteiger partial charge >= 0.3 is 0 Å². The van der Waals surface area contributed by atoms with Crippen molar-refractivity contribution >= 4 is 17.5 Å². The van der Waals surface area contributed by atoms with Crippen LogP contribution < -0.4 is 10.6 Å². The molecule has 2 N–H and O–H groups in total. The molecule has 6 nitrogen and oxygen atoms in total. The lowest BCUT2D eigenvalue weighted by Crippen LogP contribution is -2.27. The van der Waals surface area contributed by atoms with Gasteiger partial charge in [-0.25, -0.2) is 0 Å². The highest BCUT2D eigenvalue weighted by Gasteiger charge is 2.17. The van der Waals surface area contributed by atoms with Crippen LogP contribution in [0.25, 0.3) is 0 Å². The van der Waals surface area contributed by atoms with Crippen LogP contribution in [0.5, 0.6) is 0 Å². The van der Waals surface area contributed by atoms with Gasteiger partial charge in [0.05, 0.1) is 11.7 Å². The first-order chi connectivity index (χ1) is 11.9. The van der Waals surface area contributed by atoms with Gasteiger partial charge in [0.2, 0.25) is 11.8 Å². The minimum Gasteiger partial charge on any atom is -0.361 e. The second kappa shape index (κ2) is 7.09. The van der Waals surface area contributed by atoms with Crippen LogP contribution in [0.4, 0.5) is 5.69 Å². The van der Waals surface area contributed by atoms with Crippen molar-refractivity contribution in [3.05, 3.63) is 46.3 Å². The molecule has 3 rings (SSSR count). The number of aryl methyl sites for hydroxylation is 3. The molecule has 0 saturated heterocycles. The molecule has 0 fully saturated rings. The maximum atomic E-state index is 12.3. The summed E-state index contributed by atoms with van der Waals surface area (Å²) in [6.45, 7) is 5.72. The van der Waals surface area contributed by atoms with Crippen molar-refractivity contribution in [3.8, 4) is 0 Å². The second-order valence-electron chi connectivity index (χ2n) is 6.56. The third kappa shape index (κ3) is 3.90. The minimum absolute atomic E-state index is 0.00137. The molecule has 0 spiro atoms. The molecule has 1 atom stereocenters. The van der Waals surface area contributed by atoms with Gasteiger partial charge in [-0.1, -0.05) is 17.3 Å². The third-order valence-electron chi connectivity index (χ3n) is 4.69. The molecule has 0 aliphatic carbocycles. The number of nitrogens with one attached hydrogen (secondary N) is 2. The van der Waals surface area contributed by atoms with Gasteiger partial charge in [-0.2, -0.15) is 0 Å². The SMILES string of the molecule is Cc1noc(C)c1CCC(=O)N[C@@H](C)c1ccc2c(c1)CCC(=O)N2. The molecule has 0 unspecified atom stereocenters. The number of carbonyl (C=O) groups excluding carboxylic acids is 2. The molecule has 1 aromatic carbocycles.